The Morgan fingerprint density at radius 3 is 3.00 bits per heavy atom. The molecule has 2 heterocycles. The van der Waals surface area contributed by atoms with E-state index >= 15 is 0 Å². The molecule has 2 aliphatic heterocycles. The van der Waals surface area contributed by atoms with Crippen LogP contribution in [0.3, 0.4) is 0 Å². The molecular formula is C18H26N2O4. The molecule has 0 aromatic carbocycles. The number of hydrogen-bond acceptors (Lipinski definition) is 5. The van der Waals surface area contributed by atoms with Crippen molar-refractivity contribution in [2.75, 3.05) is 13.2 Å². The summed E-state index contributed by atoms with van der Waals surface area (Å²) in [6.45, 7) is 7.41. The highest BCUT2D eigenvalue weighted by Crippen LogP contribution is 2.56. The van der Waals surface area contributed by atoms with Gasteiger partial charge in [0.05, 0.1) is 12.5 Å². The lowest BCUT2D eigenvalue weighted by atomic mass is 9.55. The quantitative estimate of drug-likeness (QED) is 0.601. The first-order valence-corrected chi connectivity index (χ1v) is 9.01. The molecule has 0 aromatic rings. The number of amides is 1. The molecule has 4 rings (SSSR count). The summed E-state index contributed by atoms with van der Waals surface area (Å²) in [6.07, 6.45) is 5.43. The second-order valence-electron chi connectivity index (χ2n) is 8.14. The third kappa shape index (κ3) is 2.56. The molecule has 2 aliphatic carbocycles. The molecule has 24 heavy (non-hydrogen) atoms. The molecule has 1 amide bonds. The first-order chi connectivity index (χ1) is 11.5. The zero-order chi connectivity index (χ0) is 16.9. The van der Waals surface area contributed by atoms with Gasteiger partial charge in [0.1, 0.15) is 12.1 Å². The third-order valence-electron chi connectivity index (χ3n) is 6.64. The second kappa shape index (κ2) is 5.85. The van der Waals surface area contributed by atoms with E-state index in [0.717, 1.165) is 19.3 Å². The van der Waals surface area contributed by atoms with Gasteiger partial charge in [-0.25, -0.2) is 5.48 Å². The predicted octanol–water partition coefficient (Wildman–Crippen LogP) is 1.32. The number of hydroxylamine groups is 1. The largest absolute Gasteiger partial charge is 0.462 e. The zero-order valence-electron chi connectivity index (χ0n) is 14.2. The van der Waals surface area contributed by atoms with E-state index in [4.69, 9.17) is 9.57 Å². The molecule has 6 atom stereocenters. The Balaban J connectivity index is 1.46. The molecule has 0 aromatic heterocycles. The van der Waals surface area contributed by atoms with Crippen LogP contribution in [0.5, 0.6) is 0 Å². The van der Waals surface area contributed by atoms with Crippen molar-refractivity contribution in [3.05, 3.63) is 12.2 Å². The lowest BCUT2D eigenvalue weighted by Gasteiger charge is -2.50. The van der Waals surface area contributed by atoms with Crippen molar-refractivity contribution in [2.45, 2.75) is 51.2 Å². The summed E-state index contributed by atoms with van der Waals surface area (Å²) in [5.41, 5.74) is 3.90. The van der Waals surface area contributed by atoms with Crippen LogP contribution in [0.2, 0.25) is 0 Å². The van der Waals surface area contributed by atoms with E-state index in [2.05, 4.69) is 24.3 Å². The Bertz CT molecular complexity index is 577. The van der Waals surface area contributed by atoms with Crippen LogP contribution < -0.4 is 10.8 Å². The van der Waals surface area contributed by atoms with Crippen molar-refractivity contribution in [3.8, 4) is 0 Å². The molecule has 4 aliphatic rings. The molecule has 2 saturated carbocycles. The third-order valence-corrected chi connectivity index (χ3v) is 6.64. The number of rotatable bonds is 3. The monoisotopic (exact) mass is 334 g/mol. The average Bonchev–Trinajstić information content (AvgIpc) is 3.05. The Labute approximate surface area is 142 Å². The van der Waals surface area contributed by atoms with Gasteiger partial charge >= 0.3 is 5.97 Å². The van der Waals surface area contributed by atoms with Crippen molar-refractivity contribution in [3.63, 3.8) is 0 Å². The lowest BCUT2D eigenvalue weighted by molar-refractivity contribution is -0.146. The number of allylic oxidation sites excluding steroid dienone is 1. The van der Waals surface area contributed by atoms with Gasteiger partial charge in [-0.05, 0) is 43.4 Å². The molecule has 0 unspecified atom stereocenters. The van der Waals surface area contributed by atoms with E-state index in [1.807, 2.05) is 0 Å². The minimum absolute atomic E-state index is 0.0186. The molecule has 0 bridgehead atoms. The zero-order valence-corrected chi connectivity index (χ0v) is 14.2. The lowest BCUT2D eigenvalue weighted by Crippen LogP contribution is -2.47. The van der Waals surface area contributed by atoms with Crippen LogP contribution in [0.15, 0.2) is 12.2 Å². The molecule has 4 fully saturated rings. The first-order valence-electron chi connectivity index (χ1n) is 9.01. The number of carbonyl (C=O) groups excluding carboxylic acids is 2. The standard InChI is InChI=1S/C18H26N2O4/c1-10-4-3-5-18(2)7-15-11(6-13(10)18)12(17(22)24-15)8-19-14-9-23-20-16(14)21/h11-15,19H,1,3-9H2,2H3,(H,20,21)/t11-,12+,13-,14-,15-,18-/m1/s1. The fourth-order valence-electron chi connectivity index (χ4n) is 5.25. The van der Waals surface area contributed by atoms with Crippen molar-refractivity contribution in [1.29, 1.82) is 0 Å². The summed E-state index contributed by atoms with van der Waals surface area (Å²) in [5, 5.41) is 3.17. The molecule has 2 saturated heterocycles. The topological polar surface area (TPSA) is 76.7 Å². The maximum Gasteiger partial charge on any atom is 0.310 e. The van der Waals surface area contributed by atoms with E-state index in [1.165, 1.54) is 18.4 Å². The van der Waals surface area contributed by atoms with E-state index in [-0.39, 0.29) is 41.3 Å². The van der Waals surface area contributed by atoms with Crippen molar-refractivity contribution in [1.82, 2.24) is 10.8 Å². The van der Waals surface area contributed by atoms with Crippen LogP contribution in [0, 0.1) is 23.2 Å². The molecule has 0 radical (unpaired) electrons. The van der Waals surface area contributed by atoms with Crippen LogP contribution in [0.4, 0.5) is 0 Å². The summed E-state index contributed by atoms with van der Waals surface area (Å²) >= 11 is 0. The van der Waals surface area contributed by atoms with Crippen LogP contribution >= 0.6 is 0 Å². The molecule has 6 nitrogen and oxygen atoms in total. The number of carbonyl (C=O) groups is 2. The summed E-state index contributed by atoms with van der Waals surface area (Å²) in [4.78, 5) is 28.9. The summed E-state index contributed by atoms with van der Waals surface area (Å²) in [5.74, 6) is 0.244. The molecule has 0 spiro atoms. The SMILES string of the molecule is C=C1CCC[C@]2(C)C[C@H]3OC(=O)[C@@H](CN[C@@H]4CONC4=O)[C@H]3C[C@H]12. The summed E-state index contributed by atoms with van der Waals surface area (Å²) < 4.78 is 5.73. The Morgan fingerprint density at radius 1 is 1.42 bits per heavy atom. The van der Waals surface area contributed by atoms with Gasteiger partial charge in [-0.3, -0.25) is 14.4 Å². The molecule has 2 N–H and O–H groups in total. The van der Waals surface area contributed by atoms with Gasteiger partial charge in [0.15, 0.2) is 0 Å². The summed E-state index contributed by atoms with van der Waals surface area (Å²) in [7, 11) is 0. The number of nitrogens with one attached hydrogen (secondary N) is 2. The van der Waals surface area contributed by atoms with Gasteiger partial charge in [0.2, 0.25) is 0 Å². The fraction of sp³-hybridized carbons (Fsp3) is 0.778. The molecular weight excluding hydrogens is 308 g/mol. The maximum atomic E-state index is 12.4. The Kier molecular flexibility index (Phi) is 3.92. The van der Waals surface area contributed by atoms with E-state index in [9.17, 15) is 9.59 Å². The van der Waals surface area contributed by atoms with Gasteiger partial charge in [-0.15, -0.1) is 0 Å². The normalized spacial score (nSPS) is 44.7. The first kappa shape index (κ1) is 16.1. The van der Waals surface area contributed by atoms with E-state index in [0.29, 0.717) is 19.1 Å². The fourth-order valence-corrected chi connectivity index (χ4v) is 5.25. The average molecular weight is 334 g/mol. The Morgan fingerprint density at radius 2 is 2.25 bits per heavy atom. The Hall–Kier alpha value is -1.40. The van der Waals surface area contributed by atoms with Gasteiger partial charge in [0.25, 0.3) is 5.91 Å². The second-order valence-corrected chi connectivity index (χ2v) is 8.14. The number of fused-ring (bicyclic) bond motifs is 2. The molecule has 6 heteroatoms. The highest BCUT2D eigenvalue weighted by Gasteiger charge is 2.55. The molecule has 132 valence electrons. The van der Waals surface area contributed by atoms with Crippen molar-refractivity contribution in [2.24, 2.45) is 23.2 Å². The smallest absolute Gasteiger partial charge is 0.310 e. The summed E-state index contributed by atoms with van der Waals surface area (Å²) in [6, 6.07) is -0.379. The minimum atomic E-state index is -0.379. The van der Waals surface area contributed by atoms with Gasteiger partial charge in [-0.2, -0.15) is 0 Å². The van der Waals surface area contributed by atoms with Gasteiger partial charge < -0.3 is 10.1 Å². The maximum absolute atomic E-state index is 12.4. The number of ether oxygens (including phenoxy) is 1. The van der Waals surface area contributed by atoms with Crippen LogP contribution in [-0.2, 0) is 19.2 Å². The van der Waals surface area contributed by atoms with Crippen molar-refractivity contribution >= 4 is 11.9 Å². The van der Waals surface area contributed by atoms with Gasteiger partial charge in [-0.1, -0.05) is 19.1 Å². The number of esters is 1. The van der Waals surface area contributed by atoms with E-state index < -0.39 is 0 Å². The van der Waals surface area contributed by atoms with Crippen LogP contribution in [0.25, 0.3) is 0 Å². The highest BCUT2D eigenvalue weighted by atomic mass is 16.7. The highest BCUT2D eigenvalue weighted by molar-refractivity contribution is 5.82. The number of hydrogen-bond donors (Lipinski definition) is 2. The van der Waals surface area contributed by atoms with Crippen molar-refractivity contribution < 1.29 is 19.2 Å². The minimum Gasteiger partial charge on any atom is -0.462 e. The van der Waals surface area contributed by atoms with E-state index in [1.54, 1.807) is 0 Å². The van der Waals surface area contributed by atoms with Crippen LogP contribution in [-0.4, -0.2) is 37.2 Å². The van der Waals surface area contributed by atoms with Crippen LogP contribution in [0.1, 0.15) is 39.0 Å². The predicted molar refractivity (Wildman–Crippen MR) is 86.6 cm³/mol. The van der Waals surface area contributed by atoms with Gasteiger partial charge in [0, 0.05) is 12.5 Å².